The molecule has 3 nitrogen and oxygen atoms in total. The summed E-state index contributed by atoms with van der Waals surface area (Å²) in [7, 11) is -3.59. The smallest absolute Gasteiger partial charge is 0.264 e. The molecular weight excluding hydrogens is 342 g/mol. The molecule has 0 fully saturated rings. The summed E-state index contributed by atoms with van der Waals surface area (Å²) >= 11 is 5.93. The average Bonchev–Trinajstić information content (AvgIpc) is 2.55. The van der Waals surface area contributed by atoms with Gasteiger partial charge in [-0.1, -0.05) is 53.6 Å². The Labute approximate surface area is 147 Å². The molecule has 0 radical (unpaired) electrons. The topological polar surface area (TPSA) is 37.4 Å². The largest absolute Gasteiger partial charge is 0.269 e. The van der Waals surface area contributed by atoms with Gasteiger partial charge in [-0.05, 0) is 48.7 Å². The highest BCUT2D eigenvalue weighted by molar-refractivity contribution is 7.89. The Kier molecular flexibility index (Phi) is 4.52. The van der Waals surface area contributed by atoms with E-state index in [9.17, 15) is 8.42 Å². The zero-order valence-corrected chi connectivity index (χ0v) is 14.9. The molecule has 2 aromatic carbocycles. The summed E-state index contributed by atoms with van der Waals surface area (Å²) in [6.45, 7) is 6.23. The van der Waals surface area contributed by atoms with Crippen LogP contribution in [0.4, 0.5) is 0 Å². The molecule has 0 N–H and O–H groups in total. The van der Waals surface area contributed by atoms with Gasteiger partial charge in [0.25, 0.3) is 10.0 Å². The van der Waals surface area contributed by atoms with Crippen molar-refractivity contribution in [2.75, 3.05) is 6.54 Å². The van der Waals surface area contributed by atoms with E-state index in [-0.39, 0.29) is 4.90 Å². The summed E-state index contributed by atoms with van der Waals surface area (Å²) in [6.07, 6.45) is 2.36. The van der Waals surface area contributed by atoms with Crippen LogP contribution in [0.2, 0.25) is 5.02 Å². The van der Waals surface area contributed by atoms with Crippen molar-refractivity contribution >= 4 is 27.2 Å². The summed E-state index contributed by atoms with van der Waals surface area (Å²) in [5.41, 5.74) is 3.75. The predicted octanol–water partition coefficient (Wildman–Crippen LogP) is 4.64. The summed E-state index contributed by atoms with van der Waals surface area (Å²) in [6, 6.07) is 14.3. The molecule has 0 aromatic heterocycles. The van der Waals surface area contributed by atoms with E-state index in [2.05, 4.69) is 6.58 Å². The van der Waals surface area contributed by atoms with Gasteiger partial charge in [-0.15, -0.1) is 0 Å². The summed E-state index contributed by atoms with van der Waals surface area (Å²) in [5.74, 6) is 0. The Morgan fingerprint density at radius 3 is 2.29 bits per heavy atom. The number of aryl methyl sites for hydroxylation is 1. The van der Waals surface area contributed by atoms with E-state index in [0.29, 0.717) is 18.0 Å². The van der Waals surface area contributed by atoms with Crippen LogP contribution in [0.5, 0.6) is 0 Å². The lowest BCUT2D eigenvalue weighted by Crippen LogP contribution is -2.30. The molecule has 0 unspecified atom stereocenters. The molecule has 0 aliphatic carbocycles. The third kappa shape index (κ3) is 3.40. The van der Waals surface area contributed by atoms with E-state index in [1.807, 2.05) is 19.1 Å². The fourth-order valence-electron chi connectivity index (χ4n) is 2.65. The van der Waals surface area contributed by atoms with Crippen molar-refractivity contribution in [2.24, 2.45) is 0 Å². The number of benzene rings is 2. The number of hydrogen-bond donors (Lipinski definition) is 0. The zero-order chi connectivity index (χ0) is 17.3. The molecule has 2 aromatic rings. The van der Waals surface area contributed by atoms with Crippen LogP contribution in [0.15, 0.2) is 71.8 Å². The van der Waals surface area contributed by atoms with Crippen molar-refractivity contribution in [3.63, 3.8) is 0 Å². The molecule has 0 spiro atoms. The van der Waals surface area contributed by atoms with E-state index in [0.717, 1.165) is 22.3 Å². The fourth-order valence-corrected chi connectivity index (χ4v) is 4.15. The monoisotopic (exact) mass is 359 g/mol. The van der Waals surface area contributed by atoms with Gasteiger partial charge in [0, 0.05) is 11.2 Å². The Morgan fingerprint density at radius 1 is 1.04 bits per heavy atom. The first-order valence-electron chi connectivity index (χ1n) is 7.58. The number of halogens is 1. The van der Waals surface area contributed by atoms with Gasteiger partial charge < -0.3 is 0 Å². The van der Waals surface area contributed by atoms with E-state index in [1.165, 1.54) is 4.31 Å². The molecule has 1 aliphatic rings. The SMILES string of the molecule is C=C1CC(c2ccc(Cl)cc2)=CN(S(=O)(=O)c2ccc(C)cc2)C1. The standard InChI is InChI=1S/C19H18ClNO2S/c1-14-3-9-19(10-4-14)24(22,23)21-12-15(2)11-17(13-21)16-5-7-18(20)8-6-16/h3-10,13H,2,11-12H2,1H3. The normalized spacial score (nSPS) is 15.3. The van der Waals surface area contributed by atoms with Gasteiger partial charge in [0.15, 0.2) is 0 Å². The minimum atomic E-state index is -3.59. The highest BCUT2D eigenvalue weighted by Crippen LogP contribution is 2.31. The highest BCUT2D eigenvalue weighted by Gasteiger charge is 2.26. The average molecular weight is 360 g/mol. The number of hydrogen-bond acceptors (Lipinski definition) is 2. The van der Waals surface area contributed by atoms with E-state index in [1.54, 1.807) is 42.6 Å². The van der Waals surface area contributed by atoms with E-state index < -0.39 is 10.0 Å². The third-order valence-corrected chi connectivity index (χ3v) is 5.93. The Morgan fingerprint density at radius 2 is 1.67 bits per heavy atom. The van der Waals surface area contributed by atoms with Crippen molar-refractivity contribution in [1.82, 2.24) is 4.31 Å². The molecule has 0 bridgehead atoms. The molecule has 3 rings (SSSR count). The summed E-state index contributed by atoms with van der Waals surface area (Å²) < 4.78 is 27.2. The maximum atomic E-state index is 12.9. The van der Waals surface area contributed by atoms with Crippen LogP contribution in [-0.4, -0.2) is 19.3 Å². The lowest BCUT2D eigenvalue weighted by molar-refractivity contribution is 0.511. The molecule has 0 amide bonds. The molecule has 5 heteroatoms. The summed E-state index contributed by atoms with van der Waals surface area (Å²) in [5, 5.41) is 0.651. The van der Waals surface area contributed by atoms with E-state index in [4.69, 9.17) is 11.6 Å². The first kappa shape index (κ1) is 16.8. The fraction of sp³-hybridized carbons (Fsp3) is 0.158. The Balaban J connectivity index is 2.00. The molecule has 1 heterocycles. The first-order valence-corrected chi connectivity index (χ1v) is 9.40. The molecule has 0 saturated carbocycles. The maximum Gasteiger partial charge on any atom is 0.264 e. The number of nitrogens with zero attached hydrogens (tertiary/aromatic N) is 1. The van der Waals surface area contributed by atoms with Gasteiger partial charge in [0.2, 0.25) is 0 Å². The van der Waals surface area contributed by atoms with Crippen molar-refractivity contribution < 1.29 is 8.42 Å². The van der Waals surface area contributed by atoms with Crippen molar-refractivity contribution in [3.8, 4) is 0 Å². The van der Waals surface area contributed by atoms with Gasteiger partial charge in [0.1, 0.15) is 0 Å². The molecule has 0 saturated heterocycles. The van der Waals surface area contributed by atoms with E-state index >= 15 is 0 Å². The molecule has 24 heavy (non-hydrogen) atoms. The molecule has 1 aliphatic heterocycles. The van der Waals surface area contributed by atoms with Crippen LogP contribution in [0.1, 0.15) is 17.5 Å². The van der Waals surface area contributed by atoms with Crippen LogP contribution >= 0.6 is 11.6 Å². The minimum absolute atomic E-state index is 0.287. The van der Waals surface area contributed by atoms with Crippen molar-refractivity contribution in [1.29, 1.82) is 0 Å². The van der Waals surface area contributed by atoms with Crippen molar-refractivity contribution in [3.05, 3.63) is 83.0 Å². The van der Waals surface area contributed by atoms with Crippen LogP contribution in [0.3, 0.4) is 0 Å². The van der Waals surface area contributed by atoms with Crippen molar-refractivity contribution in [2.45, 2.75) is 18.2 Å². The second-order valence-electron chi connectivity index (χ2n) is 5.95. The van der Waals surface area contributed by atoms with Gasteiger partial charge >= 0.3 is 0 Å². The third-order valence-electron chi connectivity index (χ3n) is 3.96. The van der Waals surface area contributed by atoms with Gasteiger partial charge in [-0.25, -0.2) is 8.42 Å². The van der Waals surface area contributed by atoms with Crippen LogP contribution < -0.4 is 0 Å². The molecule has 124 valence electrons. The second kappa shape index (κ2) is 6.46. The number of rotatable bonds is 3. The van der Waals surface area contributed by atoms with Crippen LogP contribution in [0.25, 0.3) is 5.57 Å². The maximum absolute atomic E-state index is 12.9. The predicted molar refractivity (Wildman–Crippen MR) is 98.3 cm³/mol. The minimum Gasteiger partial charge on any atom is -0.269 e. The van der Waals surface area contributed by atoms with Crippen LogP contribution in [0, 0.1) is 6.92 Å². The second-order valence-corrected chi connectivity index (χ2v) is 8.28. The number of sulfonamides is 1. The highest BCUT2D eigenvalue weighted by atomic mass is 35.5. The van der Waals surface area contributed by atoms with Gasteiger partial charge in [0.05, 0.1) is 11.4 Å². The molecular formula is C19H18ClNO2S. The molecule has 0 atom stereocenters. The van der Waals surface area contributed by atoms with Gasteiger partial charge in [-0.3, -0.25) is 4.31 Å². The summed E-state index contributed by atoms with van der Waals surface area (Å²) in [4.78, 5) is 0.287. The van der Waals surface area contributed by atoms with Crippen LogP contribution in [-0.2, 0) is 10.0 Å². The Bertz CT molecular complexity index is 897. The quantitative estimate of drug-likeness (QED) is 0.748. The first-order chi connectivity index (χ1) is 11.4. The lowest BCUT2D eigenvalue weighted by Gasteiger charge is -2.28. The Hall–Kier alpha value is -2.04. The lowest BCUT2D eigenvalue weighted by atomic mass is 9.98. The van der Waals surface area contributed by atoms with Gasteiger partial charge in [-0.2, -0.15) is 0 Å². The zero-order valence-electron chi connectivity index (χ0n) is 13.4. The number of allylic oxidation sites excluding steroid dienone is 1.